The molecule has 1 heterocycles. The van der Waals surface area contributed by atoms with Crippen molar-refractivity contribution in [3.63, 3.8) is 0 Å². The molecule has 0 radical (unpaired) electrons. The highest BCUT2D eigenvalue weighted by Crippen LogP contribution is 2.32. The van der Waals surface area contributed by atoms with Crippen molar-refractivity contribution >= 4 is 0 Å². The molecule has 0 aliphatic heterocycles. The Morgan fingerprint density at radius 2 is 2.00 bits per heavy atom. The molecule has 2 aromatic rings. The lowest BCUT2D eigenvalue weighted by Gasteiger charge is -2.16. The summed E-state index contributed by atoms with van der Waals surface area (Å²) >= 11 is 0. The van der Waals surface area contributed by atoms with E-state index in [1.807, 2.05) is 0 Å². The molecule has 0 fully saturated rings. The monoisotopic (exact) mass is 285 g/mol. The molecular formula is C13H14F3N3O. The number of benzene rings is 1. The van der Waals surface area contributed by atoms with Gasteiger partial charge in [0.1, 0.15) is 0 Å². The average molecular weight is 285 g/mol. The molecule has 1 unspecified atom stereocenters. The van der Waals surface area contributed by atoms with Crippen molar-refractivity contribution in [1.82, 2.24) is 9.55 Å². The number of nitrogens with two attached hydrogens (primary N) is 1. The summed E-state index contributed by atoms with van der Waals surface area (Å²) in [6, 6.07) is 4.68. The second-order valence-electron chi connectivity index (χ2n) is 4.39. The quantitative estimate of drug-likeness (QED) is 0.902. The van der Waals surface area contributed by atoms with E-state index in [0.29, 0.717) is 5.69 Å². The van der Waals surface area contributed by atoms with Crippen molar-refractivity contribution in [1.29, 1.82) is 0 Å². The summed E-state index contributed by atoms with van der Waals surface area (Å²) < 4.78 is 40.2. The molecule has 2 rings (SSSR count). The number of rotatable bonds is 4. The lowest BCUT2D eigenvalue weighted by molar-refractivity contribution is -0.138. The molecule has 1 aromatic carbocycles. The van der Waals surface area contributed by atoms with Gasteiger partial charge in [-0.05, 0) is 11.6 Å². The number of halogens is 3. The van der Waals surface area contributed by atoms with Gasteiger partial charge in [-0.3, -0.25) is 0 Å². The average Bonchev–Trinajstić information content (AvgIpc) is 2.85. The molecule has 0 saturated carbocycles. The van der Waals surface area contributed by atoms with Crippen LogP contribution < -0.4 is 5.73 Å². The summed E-state index contributed by atoms with van der Waals surface area (Å²) in [5.74, 6) is 0. The van der Waals surface area contributed by atoms with Gasteiger partial charge in [0.25, 0.3) is 0 Å². The van der Waals surface area contributed by atoms with Gasteiger partial charge in [0.15, 0.2) is 0 Å². The maximum atomic E-state index is 12.9. The lowest BCUT2D eigenvalue weighted by Crippen LogP contribution is -2.20. The summed E-state index contributed by atoms with van der Waals surface area (Å²) in [6.45, 7) is -0.300. The maximum Gasteiger partial charge on any atom is 0.416 e. The van der Waals surface area contributed by atoms with Crippen LogP contribution in [0.25, 0.3) is 0 Å². The van der Waals surface area contributed by atoms with E-state index in [1.165, 1.54) is 29.2 Å². The molecule has 0 saturated heterocycles. The van der Waals surface area contributed by atoms with Gasteiger partial charge in [-0.25, -0.2) is 4.98 Å². The van der Waals surface area contributed by atoms with E-state index in [0.717, 1.165) is 6.07 Å². The smallest absolute Gasteiger partial charge is 0.394 e. The molecule has 7 heteroatoms. The Labute approximate surface area is 113 Å². The first-order chi connectivity index (χ1) is 9.43. The largest absolute Gasteiger partial charge is 0.416 e. The van der Waals surface area contributed by atoms with Crippen molar-refractivity contribution in [3.05, 3.63) is 53.6 Å². The van der Waals surface area contributed by atoms with Crippen LogP contribution in [-0.2, 0) is 12.7 Å². The van der Waals surface area contributed by atoms with Crippen molar-refractivity contribution < 1.29 is 18.3 Å². The number of hydrogen-bond acceptors (Lipinski definition) is 3. The van der Waals surface area contributed by atoms with Crippen LogP contribution in [0.4, 0.5) is 13.2 Å². The molecule has 20 heavy (non-hydrogen) atoms. The van der Waals surface area contributed by atoms with Gasteiger partial charge in [-0.15, -0.1) is 0 Å². The second-order valence-corrected chi connectivity index (χ2v) is 4.39. The van der Waals surface area contributed by atoms with Gasteiger partial charge in [0, 0.05) is 12.7 Å². The number of alkyl halides is 3. The molecule has 3 N–H and O–H groups in total. The highest BCUT2D eigenvalue weighted by atomic mass is 19.4. The number of aliphatic hydroxyl groups is 1. The van der Waals surface area contributed by atoms with Gasteiger partial charge in [-0.1, -0.05) is 18.2 Å². The van der Waals surface area contributed by atoms with E-state index in [1.54, 1.807) is 6.07 Å². The standard InChI is InChI=1S/C13H14F3N3O/c14-13(15,16)10-4-2-1-3-9(10)6-19-8-18-5-12(19)11(17)7-20/h1-5,8,11,20H,6-7,17H2. The molecule has 1 aromatic heterocycles. The molecule has 0 aliphatic rings. The van der Waals surface area contributed by atoms with Crippen LogP contribution in [-0.4, -0.2) is 21.3 Å². The van der Waals surface area contributed by atoms with Crippen LogP contribution in [0, 0.1) is 0 Å². The SMILES string of the molecule is NC(CO)c1cncn1Cc1ccccc1C(F)(F)F. The van der Waals surface area contributed by atoms with E-state index >= 15 is 0 Å². The van der Waals surface area contributed by atoms with E-state index in [9.17, 15) is 13.2 Å². The molecule has 0 spiro atoms. The second kappa shape index (κ2) is 5.64. The molecule has 0 amide bonds. The summed E-state index contributed by atoms with van der Waals surface area (Å²) in [5.41, 5.74) is 5.62. The zero-order valence-electron chi connectivity index (χ0n) is 10.5. The summed E-state index contributed by atoms with van der Waals surface area (Å²) in [6.07, 6.45) is -1.56. The Hall–Kier alpha value is -1.86. The third-order valence-corrected chi connectivity index (χ3v) is 2.98. The molecule has 1 atom stereocenters. The Bertz CT molecular complexity index is 580. The van der Waals surface area contributed by atoms with Crippen LogP contribution in [0.2, 0.25) is 0 Å². The predicted octanol–water partition coefficient (Wildman–Crippen LogP) is 1.94. The first-order valence-corrected chi connectivity index (χ1v) is 5.95. The Kier molecular flexibility index (Phi) is 4.10. The molecular weight excluding hydrogens is 271 g/mol. The number of nitrogens with zero attached hydrogens (tertiary/aromatic N) is 2. The minimum atomic E-state index is -4.41. The van der Waals surface area contributed by atoms with E-state index < -0.39 is 17.8 Å². The van der Waals surface area contributed by atoms with Gasteiger partial charge in [0.2, 0.25) is 0 Å². The molecule has 4 nitrogen and oxygen atoms in total. The highest BCUT2D eigenvalue weighted by molar-refractivity contribution is 5.30. The minimum Gasteiger partial charge on any atom is -0.394 e. The van der Waals surface area contributed by atoms with Crippen LogP contribution in [0.1, 0.15) is 22.9 Å². The number of hydrogen-bond donors (Lipinski definition) is 2. The summed E-state index contributed by atoms with van der Waals surface area (Å²) in [4.78, 5) is 3.87. The fourth-order valence-electron chi connectivity index (χ4n) is 1.98. The zero-order chi connectivity index (χ0) is 14.8. The van der Waals surface area contributed by atoms with Crippen molar-refractivity contribution in [2.45, 2.75) is 18.8 Å². The maximum absolute atomic E-state index is 12.9. The van der Waals surface area contributed by atoms with E-state index in [4.69, 9.17) is 10.8 Å². The first kappa shape index (κ1) is 14.5. The van der Waals surface area contributed by atoms with Crippen molar-refractivity contribution in [3.8, 4) is 0 Å². The van der Waals surface area contributed by atoms with Crippen molar-refractivity contribution in [2.24, 2.45) is 5.73 Å². The Morgan fingerprint density at radius 1 is 1.30 bits per heavy atom. The zero-order valence-corrected chi connectivity index (χ0v) is 10.5. The van der Waals surface area contributed by atoms with Gasteiger partial charge in [-0.2, -0.15) is 13.2 Å². The number of aliphatic hydroxyl groups excluding tert-OH is 1. The lowest BCUT2D eigenvalue weighted by atomic mass is 10.1. The molecule has 108 valence electrons. The van der Waals surface area contributed by atoms with Gasteiger partial charge < -0.3 is 15.4 Å². The summed E-state index contributed by atoms with van der Waals surface area (Å²) in [5, 5.41) is 9.03. The fraction of sp³-hybridized carbons (Fsp3) is 0.308. The van der Waals surface area contributed by atoms with Crippen LogP contribution >= 0.6 is 0 Å². The fourth-order valence-corrected chi connectivity index (χ4v) is 1.98. The van der Waals surface area contributed by atoms with Crippen molar-refractivity contribution in [2.75, 3.05) is 6.61 Å². The number of aromatic nitrogens is 2. The minimum absolute atomic E-state index is 0.00127. The third kappa shape index (κ3) is 3.00. The normalized spacial score (nSPS) is 13.4. The number of imidazole rings is 1. The first-order valence-electron chi connectivity index (χ1n) is 5.95. The Morgan fingerprint density at radius 3 is 2.65 bits per heavy atom. The van der Waals surface area contributed by atoms with Crippen LogP contribution in [0.15, 0.2) is 36.8 Å². The molecule has 0 aliphatic carbocycles. The third-order valence-electron chi connectivity index (χ3n) is 2.98. The van der Waals surface area contributed by atoms with Gasteiger partial charge in [0.05, 0.1) is 30.2 Å². The topological polar surface area (TPSA) is 64.1 Å². The van der Waals surface area contributed by atoms with Crippen LogP contribution in [0.5, 0.6) is 0 Å². The van der Waals surface area contributed by atoms with E-state index in [-0.39, 0.29) is 18.7 Å². The predicted molar refractivity (Wildman–Crippen MR) is 66.8 cm³/mol. The van der Waals surface area contributed by atoms with E-state index in [2.05, 4.69) is 4.98 Å². The van der Waals surface area contributed by atoms with Gasteiger partial charge >= 0.3 is 6.18 Å². The molecule has 0 bridgehead atoms. The van der Waals surface area contributed by atoms with Crippen LogP contribution in [0.3, 0.4) is 0 Å². The Balaban J connectivity index is 2.34. The summed E-state index contributed by atoms with van der Waals surface area (Å²) in [7, 11) is 0. The highest BCUT2D eigenvalue weighted by Gasteiger charge is 2.33.